The SMILES string of the molecule is C.C.CCC(C)(C)C(=O)OC1(CC)CC2CCC1C2.CCC(C)(C)C(=O)OC12CC3CC(O)(C1)CC(OC1CCCCO1)(C3)C2.CCC(C)(C)C(=O)OC12CC3CC(OC4CCCCO4)(C1)CC(OC1CCCCO1)(C3)C2.CCC(C)(C)C(=O)OC12CC3CC(O[Si](CC)(CC)CC)(C1)CC(O[Si](CC)(CC)CC)(C3)C2.CCC(C)(C)C(=O)OC1C2CC3C1OC(=O)C3(C#N)C2. The molecule has 1 N–H and O–H groups in total. The van der Waals surface area contributed by atoms with Crippen molar-refractivity contribution in [2.24, 2.45) is 73.9 Å². The number of nitriles is 1. The second-order valence-electron chi connectivity index (χ2n) is 48.5. The molecule has 0 amide bonds. The van der Waals surface area contributed by atoms with Crippen molar-refractivity contribution in [1.29, 1.82) is 5.26 Å². The number of hydrogen-bond acceptors (Lipinski definition) is 22. The maximum atomic E-state index is 13.4. The Hall–Kier alpha value is -3.62. The quantitative estimate of drug-likeness (QED) is 0.0372. The van der Waals surface area contributed by atoms with Crippen LogP contribution in [0.4, 0.5) is 0 Å². The third kappa shape index (κ3) is 22.3. The highest BCUT2D eigenvalue weighted by atomic mass is 28.4. The van der Waals surface area contributed by atoms with Gasteiger partial charge in [-0.15, -0.1) is 0 Å². The number of carbonyl (C=O) groups is 6. The molecule has 20 rings (SSSR count). The summed E-state index contributed by atoms with van der Waals surface area (Å²) in [6.45, 7) is 48.2. The number of fused-ring (bicyclic) bond motifs is 3. The molecule has 750 valence electrons. The van der Waals surface area contributed by atoms with E-state index in [4.69, 9.17) is 65.7 Å². The van der Waals surface area contributed by atoms with Crippen molar-refractivity contribution in [2.45, 2.75) is 541 Å². The van der Waals surface area contributed by atoms with E-state index < -0.39 is 83.8 Å². The summed E-state index contributed by atoms with van der Waals surface area (Å²) in [6, 6.07) is 9.11. The zero-order valence-corrected chi connectivity index (χ0v) is 86.4. The highest BCUT2D eigenvalue weighted by Crippen LogP contribution is 2.69. The normalized spacial score (nSPS) is 39.3. The first kappa shape index (κ1) is 108. The molecule has 24 heteroatoms. The fourth-order valence-electron chi connectivity index (χ4n) is 28.3. The van der Waals surface area contributed by atoms with Crippen LogP contribution in [-0.2, 0) is 94.5 Å². The molecule has 0 spiro atoms. The third-order valence-corrected chi connectivity index (χ3v) is 46.5. The van der Waals surface area contributed by atoms with Crippen LogP contribution >= 0.6 is 0 Å². The van der Waals surface area contributed by atoms with Crippen molar-refractivity contribution in [2.75, 3.05) is 19.8 Å². The van der Waals surface area contributed by atoms with Crippen molar-refractivity contribution in [3.63, 3.8) is 0 Å². The lowest BCUT2D eigenvalue weighted by Crippen LogP contribution is -2.71. The number of aliphatic hydroxyl groups is 1. The maximum Gasteiger partial charge on any atom is 0.327 e. The fraction of sp³-hybridized carbons (Fsp3) is 0.935. The van der Waals surface area contributed by atoms with E-state index in [0.717, 1.165) is 261 Å². The van der Waals surface area contributed by atoms with E-state index in [0.29, 0.717) is 55.8 Å². The number of esters is 6. The number of carbonyl (C=O) groups excluding carboxylic acids is 6. The van der Waals surface area contributed by atoms with E-state index in [1.807, 2.05) is 83.1 Å². The van der Waals surface area contributed by atoms with Crippen LogP contribution in [0.25, 0.3) is 0 Å². The standard InChI is InChI=1S/C28H54O4Si2.C26H42O6.C21H34O5.C15H19NO4.C15H26O2.2CH4/c1-10-25(8,9)24(29)30-26-17-23-18-27(20-26,31-33(11-2,12-3)13-4)22-28(19-23,21-26)32-34(14-5,15-6)16-7;1-4-23(2,3)22(27)32-26-15-19-13-24(17-26,30-20-9-5-7-11-28-20)16-25(14-19,18-26)31-21-10-6-8-12-29-21;1-4-18(2,3)17(22)26-21-11-15-9-19(23,13-21)12-20(10-15,14-21)25-16-7-5-6-8-24-16;1-4-14(2,3)12(17)19-10-8-5-9-11(10)20-13(18)15(9,6-8)7-16;1-5-14(3,4)13(16)17-15(6-2)10-11-7-8-12(15)9-11;;/h23H,10-22H2,1-9H3;19-21H,4-18H2,1-3H3;15-16,23H,4-14H2,1-3H3;8-11H,4-6H2,1-3H3;11-12H,5-10H2,1-4H3;2*1H4. The molecule has 20 aliphatic rings. The van der Waals surface area contributed by atoms with E-state index in [2.05, 4.69) is 75.3 Å². The highest BCUT2D eigenvalue weighted by Gasteiger charge is 2.75. The molecule has 19 unspecified atom stereocenters. The van der Waals surface area contributed by atoms with Gasteiger partial charge < -0.3 is 70.8 Å². The first-order valence-electron chi connectivity index (χ1n) is 52.4. The summed E-state index contributed by atoms with van der Waals surface area (Å²) in [7, 11) is -3.64. The van der Waals surface area contributed by atoms with Gasteiger partial charge in [0.2, 0.25) is 0 Å². The van der Waals surface area contributed by atoms with Crippen LogP contribution in [0.3, 0.4) is 0 Å². The lowest BCUT2D eigenvalue weighted by Gasteiger charge is -2.67. The molecule has 16 saturated carbocycles. The van der Waals surface area contributed by atoms with Gasteiger partial charge in [-0.2, -0.15) is 5.26 Å². The fourth-order valence-corrected chi connectivity index (χ4v) is 34.4. The minimum atomic E-state index is -1.82. The summed E-state index contributed by atoms with van der Waals surface area (Å²) in [6.07, 6.45) is 35.2. The van der Waals surface area contributed by atoms with E-state index in [1.165, 1.54) is 19.3 Å². The number of rotatable bonds is 32. The Kier molecular flexibility index (Phi) is 33.4. The van der Waals surface area contributed by atoms with Gasteiger partial charge in [-0.25, -0.2) is 0 Å². The summed E-state index contributed by atoms with van der Waals surface area (Å²) in [5, 5.41) is 20.5. The molecule has 16 bridgehead atoms. The van der Waals surface area contributed by atoms with Crippen LogP contribution in [0.1, 0.15) is 418 Å². The molecule has 0 radical (unpaired) electrons. The van der Waals surface area contributed by atoms with E-state index in [1.54, 1.807) is 0 Å². The van der Waals surface area contributed by atoms with E-state index in [9.17, 15) is 39.1 Å². The molecule has 22 nitrogen and oxygen atoms in total. The molecule has 4 saturated heterocycles. The first-order chi connectivity index (χ1) is 60.6. The summed E-state index contributed by atoms with van der Waals surface area (Å²) in [5.74, 6) is 1.83. The van der Waals surface area contributed by atoms with Gasteiger partial charge in [0, 0.05) is 89.4 Å². The summed E-state index contributed by atoms with van der Waals surface area (Å²) >= 11 is 0. The van der Waals surface area contributed by atoms with Crippen LogP contribution in [0.15, 0.2) is 0 Å². The highest BCUT2D eigenvalue weighted by molar-refractivity contribution is 6.74. The van der Waals surface area contributed by atoms with Crippen molar-refractivity contribution >= 4 is 52.5 Å². The Morgan fingerprint density at radius 3 is 1.08 bits per heavy atom. The molecule has 131 heavy (non-hydrogen) atoms. The van der Waals surface area contributed by atoms with Gasteiger partial charge in [0.1, 0.15) is 34.6 Å². The maximum absolute atomic E-state index is 13.4. The van der Waals surface area contributed by atoms with Crippen molar-refractivity contribution in [1.82, 2.24) is 0 Å². The molecule has 4 aliphatic heterocycles. The van der Waals surface area contributed by atoms with Crippen molar-refractivity contribution < 1.29 is 99.6 Å². The largest absolute Gasteiger partial charge is 0.458 e. The Morgan fingerprint density at radius 1 is 0.405 bits per heavy atom. The summed E-state index contributed by atoms with van der Waals surface area (Å²) < 4.78 is 89.0. The van der Waals surface area contributed by atoms with Crippen LogP contribution in [0.2, 0.25) is 36.3 Å². The zero-order valence-electron chi connectivity index (χ0n) is 84.4. The number of hydrogen-bond donors (Lipinski definition) is 1. The summed E-state index contributed by atoms with van der Waals surface area (Å²) in [4.78, 5) is 75.9. The van der Waals surface area contributed by atoms with Crippen molar-refractivity contribution in [3.05, 3.63) is 0 Å². The van der Waals surface area contributed by atoms with Gasteiger partial charge in [-0.3, -0.25) is 28.8 Å². The second kappa shape index (κ2) is 40.5. The molecule has 16 aliphatic carbocycles. The zero-order chi connectivity index (χ0) is 93.9. The van der Waals surface area contributed by atoms with Crippen molar-refractivity contribution in [3.8, 4) is 6.07 Å². The molecule has 19 atom stereocenters. The van der Waals surface area contributed by atoms with E-state index >= 15 is 0 Å². The smallest absolute Gasteiger partial charge is 0.327 e. The Balaban J connectivity index is 0.000000161. The molecule has 0 aromatic heterocycles. The number of nitrogens with zero attached hydrogens (tertiary/aromatic N) is 1. The first-order valence-corrected chi connectivity index (χ1v) is 57.4. The minimum Gasteiger partial charge on any atom is -0.458 e. The number of ether oxygens (including phenoxy) is 12. The van der Waals surface area contributed by atoms with Gasteiger partial charge >= 0.3 is 35.8 Å². The van der Waals surface area contributed by atoms with Gasteiger partial charge in [-0.1, -0.05) is 97.9 Å². The third-order valence-electron chi connectivity index (χ3n) is 37.0. The van der Waals surface area contributed by atoms with Gasteiger partial charge in [0.05, 0.1) is 66.8 Å². The van der Waals surface area contributed by atoms with Crippen LogP contribution in [0, 0.1) is 85.2 Å². The second-order valence-corrected chi connectivity index (χ2v) is 57.9. The predicted octanol–water partition coefficient (Wildman–Crippen LogP) is 24.2. The molecular formula is C107H183NO21Si2. The minimum absolute atomic E-state index is 0. The Bertz CT molecular complexity index is 3870. The molecule has 0 aromatic carbocycles. The van der Waals surface area contributed by atoms with Crippen LogP contribution in [0.5, 0.6) is 0 Å². The lowest BCUT2D eigenvalue weighted by molar-refractivity contribution is -0.344. The van der Waals surface area contributed by atoms with Gasteiger partial charge in [-0.05, 0) is 328 Å². The molecule has 0 aromatic rings. The molecule has 20 fully saturated rings. The Morgan fingerprint density at radius 2 is 0.740 bits per heavy atom. The van der Waals surface area contributed by atoms with E-state index in [-0.39, 0.29) is 115 Å². The predicted molar refractivity (Wildman–Crippen MR) is 512 cm³/mol. The monoisotopic (exact) mass is 1870 g/mol. The average molecular weight is 1880 g/mol. The Labute approximate surface area is 793 Å². The van der Waals surface area contributed by atoms with Crippen LogP contribution < -0.4 is 0 Å². The molecule has 4 heterocycles. The van der Waals surface area contributed by atoms with Gasteiger partial charge in [0.15, 0.2) is 40.9 Å². The average Bonchev–Trinajstić information content (AvgIpc) is 1.53. The summed E-state index contributed by atoms with van der Waals surface area (Å²) in [5.41, 5.74) is -7.11. The molecular weight excluding hydrogens is 1690 g/mol. The topological polar surface area (TPSA) is 276 Å². The van der Waals surface area contributed by atoms with Gasteiger partial charge in [0.25, 0.3) is 0 Å². The lowest BCUT2D eigenvalue weighted by atomic mass is 9.50. The van der Waals surface area contributed by atoms with Crippen LogP contribution in [-0.4, -0.2) is 164 Å².